The molecule has 118 valence electrons. The predicted octanol–water partition coefficient (Wildman–Crippen LogP) is 1.96. The molecule has 0 aromatic heterocycles. The minimum absolute atomic E-state index is 0.0969. The van der Waals surface area contributed by atoms with E-state index >= 15 is 0 Å². The average Bonchev–Trinajstić information content (AvgIpc) is 3.00. The maximum atomic E-state index is 12.3. The lowest BCUT2D eigenvalue weighted by Crippen LogP contribution is -2.50. The molecule has 2 amide bonds. The van der Waals surface area contributed by atoms with Crippen LogP contribution in [0.1, 0.15) is 24.5 Å². The molecule has 1 aromatic rings. The van der Waals surface area contributed by atoms with Gasteiger partial charge in [-0.2, -0.15) is 0 Å². The molecule has 5 heteroatoms. The van der Waals surface area contributed by atoms with Gasteiger partial charge in [-0.25, -0.2) is 0 Å². The van der Waals surface area contributed by atoms with Crippen LogP contribution in [0.2, 0.25) is 0 Å². The molecule has 0 saturated carbocycles. The summed E-state index contributed by atoms with van der Waals surface area (Å²) >= 11 is 1.62. The highest BCUT2D eigenvalue weighted by atomic mass is 32.2. The molecule has 1 fully saturated rings. The molecule has 1 aromatic carbocycles. The Morgan fingerprint density at radius 1 is 1.05 bits per heavy atom. The van der Waals surface area contributed by atoms with Crippen LogP contribution in [-0.4, -0.2) is 53.5 Å². The van der Waals surface area contributed by atoms with E-state index < -0.39 is 0 Å². The molecule has 0 radical (unpaired) electrons. The van der Waals surface area contributed by atoms with Gasteiger partial charge >= 0.3 is 0 Å². The third-order valence-corrected chi connectivity index (χ3v) is 5.49. The number of nitrogens with zero attached hydrogens (tertiary/aromatic N) is 2. The zero-order valence-corrected chi connectivity index (χ0v) is 13.8. The minimum Gasteiger partial charge on any atom is -0.339 e. The monoisotopic (exact) mass is 318 g/mol. The number of rotatable bonds is 3. The van der Waals surface area contributed by atoms with Gasteiger partial charge in [0.15, 0.2) is 0 Å². The number of amides is 2. The van der Waals surface area contributed by atoms with Crippen molar-refractivity contribution in [1.82, 2.24) is 9.80 Å². The van der Waals surface area contributed by atoms with E-state index in [0.717, 1.165) is 0 Å². The number of carbonyl (C=O) groups is 2. The Balaban J connectivity index is 1.49. The molecule has 0 atom stereocenters. The highest BCUT2D eigenvalue weighted by Crippen LogP contribution is 2.27. The van der Waals surface area contributed by atoms with Gasteiger partial charge in [-0.15, -0.1) is 11.8 Å². The Kier molecular flexibility index (Phi) is 4.71. The number of hydrogen-bond acceptors (Lipinski definition) is 3. The van der Waals surface area contributed by atoms with E-state index in [1.807, 2.05) is 4.90 Å². The van der Waals surface area contributed by atoms with Crippen LogP contribution in [0.3, 0.4) is 0 Å². The Hall–Kier alpha value is -1.49. The number of piperazine rings is 1. The van der Waals surface area contributed by atoms with Crippen molar-refractivity contribution < 1.29 is 9.59 Å². The Morgan fingerprint density at radius 2 is 1.73 bits per heavy atom. The lowest BCUT2D eigenvalue weighted by Gasteiger charge is -2.34. The van der Waals surface area contributed by atoms with Crippen molar-refractivity contribution in [2.75, 3.05) is 31.9 Å². The van der Waals surface area contributed by atoms with Crippen LogP contribution in [0.5, 0.6) is 0 Å². The summed E-state index contributed by atoms with van der Waals surface area (Å²) in [5.74, 6) is 0.757. The molecule has 2 aliphatic rings. The van der Waals surface area contributed by atoms with Crippen molar-refractivity contribution in [2.24, 2.45) is 0 Å². The molecule has 1 aliphatic carbocycles. The average molecular weight is 318 g/mol. The van der Waals surface area contributed by atoms with Crippen LogP contribution in [0.4, 0.5) is 0 Å². The van der Waals surface area contributed by atoms with Crippen molar-refractivity contribution in [3.8, 4) is 0 Å². The van der Waals surface area contributed by atoms with Gasteiger partial charge in [0.2, 0.25) is 11.8 Å². The largest absolute Gasteiger partial charge is 0.339 e. The SMILES string of the molecule is CC(=O)N1CCN(C(=O)CSc2ccc3c(c2)CCC3)CC1. The van der Waals surface area contributed by atoms with Gasteiger partial charge in [-0.3, -0.25) is 9.59 Å². The summed E-state index contributed by atoms with van der Waals surface area (Å²) < 4.78 is 0. The van der Waals surface area contributed by atoms with Gasteiger partial charge < -0.3 is 9.80 Å². The lowest BCUT2D eigenvalue weighted by atomic mass is 10.1. The van der Waals surface area contributed by atoms with Crippen LogP contribution in [0, 0.1) is 0 Å². The number of fused-ring (bicyclic) bond motifs is 1. The van der Waals surface area contributed by atoms with Crippen LogP contribution < -0.4 is 0 Å². The number of hydrogen-bond donors (Lipinski definition) is 0. The molecular weight excluding hydrogens is 296 g/mol. The second-order valence-corrected chi connectivity index (χ2v) is 7.01. The summed E-state index contributed by atoms with van der Waals surface area (Å²) in [7, 11) is 0. The molecule has 0 unspecified atom stereocenters. The minimum atomic E-state index is 0.0969. The lowest BCUT2D eigenvalue weighted by molar-refractivity contribution is -0.136. The van der Waals surface area contributed by atoms with Crippen molar-refractivity contribution in [2.45, 2.75) is 31.1 Å². The van der Waals surface area contributed by atoms with Crippen LogP contribution in [0.25, 0.3) is 0 Å². The molecule has 0 spiro atoms. The van der Waals surface area contributed by atoms with Gasteiger partial charge in [0.05, 0.1) is 5.75 Å². The first kappa shape index (κ1) is 15.4. The van der Waals surface area contributed by atoms with Gasteiger partial charge in [-0.05, 0) is 42.5 Å². The molecule has 3 rings (SSSR count). The standard InChI is InChI=1S/C17H22N2O2S/c1-13(20)18-7-9-19(10-8-18)17(21)12-22-16-6-5-14-3-2-4-15(14)11-16/h5-6,11H,2-4,7-10,12H2,1H3. The second kappa shape index (κ2) is 6.73. The molecule has 1 heterocycles. The first-order chi connectivity index (χ1) is 10.6. The highest BCUT2D eigenvalue weighted by molar-refractivity contribution is 8.00. The normalized spacial score (nSPS) is 17.5. The number of carbonyl (C=O) groups excluding carboxylic acids is 2. The Labute approximate surface area is 135 Å². The van der Waals surface area contributed by atoms with E-state index in [-0.39, 0.29) is 11.8 Å². The summed E-state index contributed by atoms with van der Waals surface area (Å²) in [6.07, 6.45) is 3.62. The van der Waals surface area contributed by atoms with E-state index in [1.165, 1.54) is 35.3 Å². The van der Waals surface area contributed by atoms with Gasteiger partial charge in [0, 0.05) is 38.0 Å². The third-order valence-electron chi connectivity index (χ3n) is 4.51. The topological polar surface area (TPSA) is 40.6 Å². The van der Waals surface area contributed by atoms with Crippen LogP contribution in [-0.2, 0) is 22.4 Å². The third kappa shape index (κ3) is 3.46. The van der Waals surface area contributed by atoms with E-state index in [9.17, 15) is 9.59 Å². The molecule has 1 aliphatic heterocycles. The van der Waals surface area contributed by atoms with E-state index in [1.54, 1.807) is 23.6 Å². The van der Waals surface area contributed by atoms with Gasteiger partial charge in [-0.1, -0.05) is 6.07 Å². The Morgan fingerprint density at radius 3 is 2.45 bits per heavy atom. The van der Waals surface area contributed by atoms with Gasteiger partial charge in [0.25, 0.3) is 0 Å². The molecular formula is C17H22N2O2S. The van der Waals surface area contributed by atoms with Crippen molar-refractivity contribution >= 4 is 23.6 Å². The first-order valence-electron chi connectivity index (χ1n) is 7.91. The van der Waals surface area contributed by atoms with E-state index in [0.29, 0.717) is 31.9 Å². The maximum Gasteiger partial charge on any atom is 0.233 e. The van der Waals surface area contributed by atoms with Crippen LogP contribution in [0.15, 0.2) is 23.1 Å². The number of aryl methyl sites for hydroxylation is 2. The maximum absolute atomic E-state index is 12.3. The fourth-order valence-corrected chi connectivity index (χ4v) is 4.01. The summed E-state index contributed by atoms with van der Waals surface area (Å²) in [5, 5.41) is 0. The first-order valence-corrected chi connectivity index (χ1v) is 8.90. The fraction of sp³-hybridized carbons (Fsp3) is 0.529. The quantitative estimate of drug-likeness (QED) is 0.800. The van der Waals surface area contributed by atoms with Crippen molar-refractivity contribution in [1.29, 1.82) is 0 Å². The summed E-state index contributed by atoms with van der Waals surface area (Å²) in [6.45, 7) is 4.21. The summed E-state index contributed by atoms with van der Waals surface area (Å²) in [4.78, 5) is 28.4. The predicted molar refractivity (Wildman–Crippen MR) is 88.0 cm³/mol. The fourth-order valence-electron chi connectivity index (χ4n) is 3.15. The number of benzene rings is 1. The smallest absolute Gasteiger partial charge is 0.233 e. The molecule has 0 N–H and O–H groups in total. The molecule has 4 nitrogen and oxygen atoms in total. The Bertz CT molecular complexity index is 580. The zero-order chi connectivity index (χ0) is 15.5. The molecule has 22 heavy (non-hydrogen) atoms. The summed E-state index contributed by atoms with van der Waals surface area (Å²) in [6, 6.07) is 6.59. The summed E-state index contributed by atoms with van der Waals surface area (Å²) in [5.41, 5.74) is 2.92. The van der Waals surface area contributed by atoms with Crippen molar-refractivity contribution in [3.05, 3.63) is 29.3 Å². The van der Waals surface area contributed by atoms with E-state index in [4.69, 9.17) is 0 Å². The highest BCUT2D eigenvalue weighted by Gasteiger charge is 2.22. The zero-order valence-electron chi connectivity index (χ0n) is 13.0. The van der Waals surface area contributed by atoms with Gasteiger partial charge in [0.1, 0.15) is 0 Å². The number of thioether (sulfide) groups is 1. The second-order valence-electron chi connectivity index (χ2n) is 5.96. The molecule has 1 saturated heterocycles. The molecule has 0 bridgehead atoms. The van der Waals surface area contributed by atoms with Crippen molar-refractivity contribution in [3.63, 3.8) is 0 Å². The van der Waals surface area contributed by atoms with E-state index in [2.05, 4.69) is 18.2 Å². The van der Waals surface area contributed by atoms with Crippen LogP contribution >= 0.6 is 11.8 Å².